The molecule has 38 heteroatoms. The third kappa shape index (κ3) is 36.6. The molecule has 37 nitrogen and oxygen atoms in total. The molecule has 3 aromatic carbocycles. The molecule has 11 N–H and O–H groups in total. The molecule has 0 saturated carbocycles. The summed E-state index contributed by atoms with van der Waals surface area (Å²) in [5.74, 6) is -19.5. The van der Waals surface area contributed by atoms with E-state index in [9.17, 15) is 115 Å². The summed E-state index contributed by atoms with van der Waals surface area (Å²) in [6, 6.07) is 10.7. The van der Waals surface area contributed by atoms with E-state index in [1.165, 1.54) is 41.0 Å². The minimum Gasteiger partial charge on any atom is -0.481 e. The summed E-state index contributed by atoms with van der Waals surface area (Å²) in [7, 11) is -3.14. The molecule has 3 aliphatic heterocycles. The molecule has 8 atom stereocenters. The number of carboxylic acid groups (broad SMARTS) is 5. The van der Waals surface area contributed by atoms with Crippen LogP contribution >= 0.6 is 0 Å². The number of oxime groups is 1. The fourth-order valence-electron chi connectivity index (χ4n) is 16.9. The van der Waals surface area contributed by atoms with Gasteiger partial charge in [-0.3, -0.25) is 76.5 Å². The molecule has 0 radical (unpaired) electrons. The van der Waals surface area contributed by atoms with Crippen LogP contribution in [0.4, 0.5) is 16.2 Å². The van der Waals surface area contributed by atoms with Gasteiger partial charge in [0.05, 0.1) is 53.3 Å². The summed E-state index contributed by atoms with van der Waals surface area (Å²) >= 11 is 0. The van der Waals surface area contributed by atoms with Crippen molar-refractivity contribution in [1.82, 2.24) is 31.5 Å². The number of unbranched alkanes of at least 4 members (excludes halogenated alkanes) is 2. The minimum absolute atomic E-state index is 0.0267. The highest BCUT2D eigenvalue weighted by molar-refractivity contribution is 7.85. The van der Waals surface area contributed by atoms with Gasteiger partial charge in [-0.05, 0) is 165 Å². The second-order valence-electron chi connectivity index (χ2n) is 36.1. The van der Waals surface area contributed by atoms with Crippen LogP contribution in [0.5, 0.6) is 0 Å². The van der Waals surface area contributed by atoms with E-state index >= 15 is 0 Å². The SMILES string of the molecule is CCC(=O)[C@H](CC(C)C)NC(=O)[C@@H]1CCCN1C(=O)COCCCC(=O)[C@H](Cc1ccc(/C(C)=N/OCCNC(=O)OCCOC)cc1)NC(=O)[C@@H](CCC(=O)O)CC(=O)[C@@H](CCC(=O)O)NC(=O)[C@@H](CCC(=O)O)CC(=O)[C@@H](CCC(=O)O)NC(=O)[C@@H](CCC(=O)O)CC(=O)CCCCCN1/C(=C/C=C/C=C/C=C/C2=[N+](CC)c3ccc(C)cc3C2(C)C)C(C)(C)c2cc(S(=O)(=O)O)ccc21. The Morgan fingerprint density at radius 1 is 0.591 bits per heavy atom. The van der Waals surface area contributed by atoms with E-state index in [2.05, 4.69) is 88.3 Å². The first-order valence-electron chi connectivity index (χ1n) is 46.6. The number of allylic oxidation sites excluding steroid dienone is 8. The van der Waals surface area contributed by atoms with E-state index in [1.807, 2.05) is 69.1 Å². The first-order chi connectivity index (χ1) is 64.8. The number of aryl methyl sites for hydroxylation is 1. The summed E-state index contributed by atoms with van der Waals surface area (Å²) in [6.45, 7) is 20.6. The molecule has 3 heterocycles. The molecule has 6 rings (SSSR count). The van der Waals surface area contributed by atoms with Crippen LogP contribution in [0, 0.1) is 30.6 Å². The molecular weight excluding hydrogens is 1800 g/mol. The number of nitrogens with zero attached hydrogens (tertiary/aromatic N) is 4. The Kier molecular flexibility index (Phi) is 46.2. The second kappa shape index (κ2) is 55.8. The van der Waals surface area contributed by atoms with Gasteiger partial charge in [0, 0.05) is 150 Å². The van der Waals surface area contributed by atoms with Crippen molar-refractivity contribution in [3.8, 4) is 0 Å². The third-order valence-electron chi connectivity index (χ3n) is 24.4. The number of aliphatic carboxylic acids is 5. The predicted octanol–water partition coefficient (Wildman–Crippen LogP) is 10.3. The topological polar surface area (TPSA) is 548 Å². The molecule has 3 aliphatic rings. The minimum atomic E-state index is -4.59. The van der Waals surface area contributed by atoms with Gasteiger partial charge in [0.15, 0.2) is 28.8 Å². The fourth-order valence-corrected chi connectivity index (χ4v) is 17.4. The normalized spacial score (nSPS) is 16.3. The maximum atomic E-state index is 14.8. The van der Waals surface area contributed by atoms with Crippen LogP contribution in [0.25, 0.3) is 0 Å². The van der Waals surface area contributed by atoms with E-state index in [0.29, 0.717) is 66.7 Å². The molecule has 750 valence electrons. The third-order valence-corrected chi connectivity index (χ3v) is 25.2. The number of hydrogen-bond acceptors (Lipinski definition) is 24. The van der Waals surface area contributed by atoms with Crippen molar-refractivity contribution in [2.75, 3.05) is 71.2 Å². The van der Waals surface area contributed by atoms with Crippen LogP contribution in [-0.2, 0) is 118 Å². The number of rotatable bonds is 64. The molecule has 137 heavy (non-hydrogen) atoms. The Hall–Kier alpha value is -12.3. The first kappa shape index (κ1) is 113. The lowest BCUT2D eigenvalue weighted by Gasteiger charge is -2.27. The standard InChI is InChI=1S/C99H135N9O28S/c1-12-81(110)76(54-62(3)4)104-96(128)80-25-22-49-108(80)87(114)61-134-50-23-26-82(111)77(56-65-30-32-66(33-31-65)64(6)105-136-51-47-100-97(129)135-53-52-133-11)103-95(127)69(36-44-90(119)120)59-84(113)75(39-46-92(123)124)102-94(126)68(35-43-89(117)118)58-83(112)74(38-45-91(121)122)101-93(125)67(34-42-88(115)116)57-70(109)24-18-17-21-48-107-79-41-37-71(137(130,131)132)60-73(79)99(9,10)86(107)28-20-16-14-15-19-27-85-98(7,8)72-55-63(5)29-40-78(72)106(85)13-2/h14-16,19-20,27-33,37,40-41,55,60,62,67-69,74-77,80H,12-13,17-18,21-26,34-36,38-39,42-54,56-59,61H2,1-11H3,(H10-,100,101,102,103,104,115,116,117,118,119,120,121,122,123,124,125,126,127,128,129,130,131,132)/p+1/b105-64+/t67-,68-,69-,74+,75+,76-,77-,80-/m0/s1. The van der Waals surface area contributed by atoms with E-state index in [4.69, 9.17) is 19.0 Å². The average Bonchev–Trinajstić information content (AvgIpc) is 1.58. The van der Waals surface area contributed by atoms with Gasteiger partial charge < -0.3 is 81.0 Å². The molecule has 1 saturated heterocycles. The Balaban J connectivity index is 1.16. The lowest BCUT2D eigenvalue weighted by atomic mass is 9.81. The van der Waals surface area contributed by atoms with Gasteiger partial charge in [0.25, 0.3) is 10.1 Å². The van der Waals surface area contributed by atoms with Crippen molar-refractivity contribution in [2.24, 2.45) is 28.8 Å². The number of fused-ring (bicyclic) bond motifs is 2. The number of carboxylic acids is 5. The Morgan fingerprint density at radius 2 is 1.16 bits per heavy atom. The number of ether oxygens (including phenoxy) is 3. The van der Waals surface area contributed by atoms with Crippen LogP contribution in [0.3, 0.4) is 0 Å². The summed E-state index contributed by atoms with van der Waals surface area (Å²) < 4.78 is 52.8. The number of alkyl carbamates (subject to hydrolysis) is 1. The number of methoxy groups -OCH3 is 1. The zero-order valence-electron chi connectivity index (χ0n) is 80.2. The molecule has 0 bridgehead atoms. The number of hydrogen-bond donors (Lipinski definition) is 11. The average molecular weight is 1930 g/mol. The number of carbonyl (C=O) groups is 16. The number of amides is 6. The van der Waals surface area contributed by atoms with Crippen LogP contribution in [0.1, 0.15) is 238 Å². The van der Waals surface area contributed by atoms with Gasteiger partial charge >= 0.3 is 35.9 Å². The number of ketones is 5. The smallest absolute Gasteiger partial charge is 0.407 e. The zero-order valence-corrected chi connectivity index (χ0v) is 81.0. The number of carbonyl (C=O) groups excluding carboxylic acids is 11. The van der Waals surface area contributed by atoms with Crippen molar-refractivity contribution < 1.29 is 139 Å². The number of benzene rings is 3. The molecule has 0 aromatic heterocycles. The number of likely N-dealkylation sites (tertiary alicyclic amines) is 1. The summed E-state index contributed by atoms with van der Waals surface area (Å²) in [5, 5.41) is 66.4. The molecule has 3 aromatic rings. The second-order valence-corrected chi connectivity index (χ2v) is 37.5. The number of nitrogens with one attached hydrogen (secondary N) is 5. The van der Waals surface area contributed by atoms with Crippen LogP contribution < -0.4 is 31.5 Å². The van der Waals surface area contributed by atoms with Gasteiger partial charge in [0.2, 0.25) is 35.2 Å². The molecular formula is C99H136N9O28S+. The van der Waals surface area contributed by atoms with Gasteiger partial charge in [0.1, 0.15) is 38.2 Å². The van der Waals surface area contributed by atoms with E-state index in [-0.39, 0.29) is 100 Å². The van der Waals surface area contributed by atoms with Gasteiger partial charge in [-0.1, -0.05) is 112 Å². The van der Waals surface area contributed by atoms with Crippen molar-refractivity contribution in [3.05, 3.63) is 137 Å². The highest BCUT2D eigenvalue weighted by Gasteiger charge is 2.45. The van der Waals surface area contributed by atoms with Gasteiger partial charge in [-0.2, -0.15) is 13.0 Å². The molecule has 1 fully saturated rings. The van der Waals surface area contributed by atoms with Crippen molar-refractivity contribution in [2.45, 2.75) is 269 Å². The molecule has 0 unspecified atom stereocenters. The lowest BCUT2D eigenvalue weighted by Crippen LogP contribution is -2.51. The molecule has 0 aliphatic carbocycles. The first-order valence-corrected chi connectivity index (χ1v) is 48.1. The Bertz CT molecular complexity index is 5110. The van der Waals surface area contributed by atoms with Crippen molar-refractivity contribution in [3.63, 3.8) is 0 Å². The highest BCUT2D eigenvalue weighted by Crippen LogP contribution is 2.49. The molecule has 6 amide bonds. The maximum absolute atomic E-state index is 14.8. The van der Waals surface area contributed by atoms with E-state index in [0.717, 1.165) is 18.0 Å². The highest BCUT2D eigenvalue weighted by atomic mass is 32.2. The van der Waals surface area contributed by atoms with Gasteiger partial charge in [-0.25, -0.2) is 4.79 Å². The van der Waals surface area contributed by atoms with Crippen LogP contribution in [0.15, 0.2) is 119 Å². The predicted molar refractivity (Wildman–Crippen MR) is 506 cm³/mol. The van der Waals surface area contributed by atoms with E-state index in [1.54, 1.807) is 44.2 Å². The summed E-state index contributed by atoms with van der Waals surface area (Å²) in [4.78, 5) is 223. The number of anilines is 1. The summed E-state index contributed by atoms with van der Waals surface area (Å²) in [6.07, 6.45) is 5.62. The largest absolute Gasteiger partial charge is 0.481 e. The molecule has 0 spiro atoms. The Morgan fingerprint density at radius 3 is 1.72 bits per heavy atom. The van der Waals surface area contributed by atoms with Gasteiger partial charge in [-0.15, -0.1) is 0 Å². The van der Waals surface area contributed by atoms with Crippen molar-refractivity contribution in [1.29, 1.82) is 0 Å². The lowest BCUT2D eigenvalue weighted by molar-refractivity contribution is -0.433. The summed E-state index contributed by atoms with van der Waals surface area (Å²) in [5.41, 5.74) is 7.26. The fraction of sp³-hybridized carbons (Fsp3) is 0.556. The van der Waals surface area contributed by atoms with Crippen molar-refractivity contribution >= 4 is 127 Å². The van der Waals surface area contributed by atoms with Crippen LogP contribution in [-0.4, -0.2) is 250 Å². The van der Waals surface area contributed by atoms with E-state index < -0.39 is 242 Å². The maximum Gasteiger partial charge on any atom is 0.407 e. The number of Topliss-reactive ketones (excluding diaryl/α,β-unsaturated/α-hetero) is 5. The zero-order chi connectivity index (χ0) is 101. The van der Waals surface area contributed by atoms with Crippen LogP contribution in [0.2, 0.25) is 0 Å². The quantitative estimate of drug-likeness (QED) is 0.00624. The monoisotopic (exact) mass is 1930 g/mol. The Labute approximate surface area is 799 Å².